The van der Waals surface area contributed by atoms with Crippen molar-refractivity contribution in [3.63, 3.8) is 0 Å². The summed E-state index contributed by atoms with van der Waals surface area (Å²) in [7, 11) is 0. The number of benzene rings is 1. The van der Waals surface area contributed by atoms with Crippen molar-refractivity contribution in [3.05, 3.63) is 35.9 Å². The highest BCUT2D eigenvalue weighted by Crippen LogP contribution is 2.18. The molecule has 4 heteroatoms. The first-order valence-corrected chi connectivity index (χ1v) is 6.59. The average molecular weight is 263 g/mol. The summed E-state index contributed by atoms with van der Waals surface area (Å²) in [6.07, 6.45) is 0.474. The van der Waals surface area contributed by atoms with Gasteiger partial charge in [0.05, 0.1) is 12.6 Å². The minimum absolute atomic E-state index is 0.0303. The average Bonchev–Trinajstić information content (AvgIpc) is 3.10. The lowest BCUT2D eigenvalue weighted by atomic mass is 10.0. The van der Waals surface area contributed by atoms with E-state index in [-0.39, 0.29) is 18.2 Å². The minimum atomic E-state index is -0.480. The Kier molecular flexibility index (Phi) is 4.10. The molecule has 0 bridgehead atoms. The number of nitrogens with one attached hydrogen (secondary N) is 1. The topological polar surface area (TPSA) is 50.9 Å². The lowest BCUT2D eigenvalue weighted by Crippen LogP contribution is -2.43. The van der Waals surface area contributed by atoms with Crippen LogP contribution in [0.5, 0.6) is 0 Å². The highest BCUT2D eigenvalue weighted by atomic mass is 16.6. The van der Waals surface area contributed by atoms with Gasteiger partial charge in [-0.05, 0) is 32.8 Å². The summed E-state index contributed by atoms with van der Waals surface area (Å²) >= 11 is 0. The lowest BCUT2D eigenvalue weighted by Gasteiger charge is -2.23. The molecule has 1 fully saturated rings. The van der Waals surface area contributed by atoms with Crippen LogP contribution in [0.4, 0.5) is 4.79 Å². The number of epoxide rings is 1. The van der Waals surface area contributed by atoms with Gasteiger partial charge in [0, 0.05) is 0 Å². The number of hydrogen-bond donors (Lipinski definition) is 1. The Balaban J connectivity index is 1.92. The zero-order valence-electron chi connectivity index (χ0n) is 11.7. The standard InChI is InChI=1S/C15H21NO3/c1-15(2,3)19-14(17)16-12(13-10-18-13)9-11-7-5-4-6-8-11/h4-8,12-13H,9-10H2,1-3H3,(H,16,17)/t12?,13-/m0/s1. The number of ether oxygens (including phenoxy) is 2. The number of rotatable bonds is 4. The van der Waals surface area contributed by atoms with Gasteiger partial charge >= 0.3 is 6.09 Å². The monoisotopic (exact) mass is 263 g/mol. The van der Waals surface area contributed by atoms with Crippen LogP contribution in [-0.4, -0.2) is 30.4 Å². The molecule has 0 aliphatic carbocycles. The summed E-state index contributed by atoms with van der Waals surface area (Å²) in [5, 5.41) is 2.90. The molecule has 1 aliphatic rings. The summed E-state index contributed by atoms with van der Waals surface area (Å²) in [5.41, 5.74) is 0.699. The van der Waals surface area contributed by atoms with Gasteiger partial charge < -0.3 is 14.8 Å². The van der Waals surface area contributed by atoms with Gasteiger partial charge in [0.2, 0.25) is 0 Å². The van der Waals surface area contributed by atoms with Crippen LogP contribution < -0.4 is 5.32 Å². The zero-order valence-corrected chi connectivity index (χ0v) is 11.7. The van der Waals surface area contributed by atoms with Crippen LogP contribution in [0.15, 0.2) is 30.3 Å². The molecule has 4 nitrogen and oxygen atoms in total. The summed E-state index contributed by atoms with van der Waals surface area (Å²) < 4.78 is 10.6. The summed E-state index contributed by atoms with van der Waals surface area (Å²) in [5.74, 6) is 0. The second-order valence-electron chi connectivity index (χ2n) is 5.81. The van der Waals surface area contributed by atoms with Gasteiger partial charge in [0.1, 0.15) is 11.7 Å². The van der Waals surface area contributed by atoms with E-state index in [1.54, 1.807) is 0 Å². The van der Waals surface area contributed by atoms with Gasteiger partial charge in [0.15, 0.2) is 0 Å². The van der Waals surface area contributed by atoms with Crippen molar-refractivity contribution in [2.75, 3.05) is 6.61 Å². The Morgan fingerprint density at radius 1 is 1.42 bits per heavy atom. The fourth-order valence-electron chi connectivity index (χ4n) is 1.89. The van der Waals surface area contributed by atoms with Crippen molar-refractivity contribution in [3.8, 4) is 0 Å². The maximum Gasteiger partial charge on any atom is 0.407 e. The third-order valence-electron chi connectivity index (χ3n) is 2.81. The highest BCUT2D eigenvalue weighted by Gasteiger charge is 2.34. The van der Waals surface area contributed by atoms with E-state index < -0.39 is 5.60 Å². The quantitative estimate of drug-likeness (QED) is 0.849. The van der Waals surface area contributed by atoms with Crippen LogP contribution in [0.3, 0.4) is 0 Å². The molecule has 2 rings (SSSR count). The SMILES string of the molecule is CC(C)(C)OC(=O)NC(Cc1ccccc1)[C@@H]1CO1. The van der Waals surface area contributed by atoms with Crippen molar-refractivity contribution in [2.24, 2.45) is 0 Å². The summed E-state index contributed by atoms with van der Waals surface area (Å²) in [6, 6.07) is 10.0. The first kappa shape index (κ1) is 13.9. The van der Waals surface area contributed by atoms with Gasteiger partial charge in [0.25, 0.3) is 0 Å². The molecule has 1 N–H and O–H groups in total. The second-order valence-corrected chi connectivity index (χ2v) is 5.81. The van der Waals surface area contributed by atoms with Crippen molar-refractivity contribution in [2.45, 2.75) is 44.9 Å². The number of carbonyl (C=O) groups excluding carboxylic acids is 1. The molecule has 1 aliphatic heterocycles. The molecule has 0 saturated carbocycles. The van der Waals surface area contributed by atoms with Crippen molar-refractivity contribution in [1.82, 2.24) is 5.32 Å². The molecule has 104 valence electrons. The minimum Gasteiger partial charge on any atom is -0.444 e. The van der Waals surface area contributed by atoms with Crippen LogP contribution in [0.2, 0.25) is 0 Å². The van der Waals surface area contributed by atoms with E-state index in [1.165, 1.54) is 5.56 Å². The Hall–Kier alpha value is -1.55. The van der Waals surface area contributed by atoms with E-state index >= 15 is 0 Å². The fourth-order valence-corrected chi connectivity index (χ4v) is 1.89. The second kappa shape index (κ2) is 5.61. The molecule has 0 radical (unpaired) electrons. The van der Waals surface area contributed by atoms with Crippen molar-refractivity contribution < 1.29 is 14.3 Å². The fraction of sp³-hybridized carbons (Fsp3) is 0.533. The molecule has 0 spiro atoms. The van der Waals surface area contributed by atoms with Crippen LogP contribution in [-0.2, 0) is 15.9 Å². The molecule has 1 heterocycles. The molecule has 19 heavy (non-hydrogen) atoms. The molecule has 0 aromatic heterocycles. The van der Waals surface area contributed by atoms with Crippen molar-refractivity contribution >= 4 is 6.09 Å². The number of hydrogen-bond acceptors (Lipinski definition) is 3. The summed E-state index contributed by atoms with van der Waals surface area (Å²) in [6.45, 7) is 6.26. The van der Waals surface area contributed by atoms with Crippen LogP contribution in [0.25, 0.3) is 0 Å². The lowest BCUT2D eigenvalue weighted by molar-refractivity contribution is 0.0495. The first-order chi connectivity index (χ1) is 8.94. The van der Waals surface area contributed by atoms with E-state index in [0.29, 0.717) is 6.61 Å². The Morgan fingerprint density at radius 3 is 2.58 bits per heavy atom. The molecular formula is C15H21NO3. The number of alkyl carbamates (subject to hydrolysis) is 1. The van der Waals surface area contributed by atoms with Crippen LogP contribution in [0, 0.1) is 0 Å². The Bertz CT molecular complexity index is 421. The smallest absolute Gasteiger partial charge is 0.407 e. The zero-order chi connectivity index (χ0) is 13.9. The van der Waals surface area contributed by atoms with Gasteiger partial charge in [-0.2, -0.15) is 0 Å². The Labute approximate surface area is 114 Å². The largest absolute Gasteiger partial charge is 0.444 e. The van der Waals surface area contributed by atoms with Crippen LogP contribution >= 0.6 is 0 Å². The van der Waals surface area contributed by atoms with Gasteiger partial charge in [-0.25, -0.2) is 4.79 Å². The molecule has 1 unspecified atom stereocenters. The van der Waals surface area contributed by atoms with Gasteiger partial charge in [-0.3, -0.25) is 0 Å². The molecule has 1 amide bonds. The molecule has 1 aromatic rings. The van der Waals surface area contributed by atoms with E-state index in [0.717, 1.165) is 6.42 Å². The molecule has 1 aromatic carbocycles. The van der Waals surface area contributed by atoms with Crippen LogP contribution in [0.1, 0.15) is 26.3 Å². The van der Waals surface area contributed by atoms with Crippen molar-refractivity contribution in [1.29, 1.82) is 0 Å². The molecule has 1 saturated heterocycles. The Morgan fingerprint density at radius 2 is 2.05 bits per heavy atom. The van der Waals surface area contributed by atoms with Gasteiger partial charge in [-0.1, -0.05) is 30.3 Å². The predicted molar refractivity (Wildman–Crippen MR) is 73.0 cm³/mol. The van der Waals surface area contributed by atoms with Gasteiger partial charge in [-0.15, -0.1) is 0 Å². The third kappa shape index (κ3) is 4.91. The maximum absolute atomic E-state index is 11.8. The predicted octanol–water partition coefficient (Wildman–Crippen LogP) is 2.52. The molecular weight excluding hydrogens is 242 g/mol. The summed E-state index contributed by atoms with van der Waals surface area (Å²) in [4.78, 5) is 11.8. The van der Waals surface area contributed by atoms with E-state index in [2.05, 4.69) is 5.32 Å². The van der Waals surface area contributed by atoms with E-state index in [4.69, 9.17) is 9.47 Å². The van der Waals surface area contributed by atoms with E-state index in [9.17, 15) is 4.79 Å². The third-order valence-corrected chi connectivity index (χ3v) is 2.81. The maximum atomic E-state index is 11.8. The molecule has 2 atom stereocenters. The first-order valence-electron chi connectivity index (χ1n) is 6.59. The number of amides is 1. The number of carbonyl (C=O) groups is 1. The highest BCUT2D eigenvalue weighted by molar-refractivity contribution is 5.68. The van der Waals surface area contributed by atoms with E-state index in [1.807, 2.05) is 51.1 Å². The normalized spacial score (nSPS) is 19.6.